The third-order valence-electron chi connectivity index (χ3n) is 4.36. The lowest BCUT2D eigenvalue weighted by Crippen LogP contribution is -2.50. The highest BCUT2D eigenvalue weighted by atomic mass is 16.6. The maximum absolute atomic E-state index is 12.5. The molecule has 0 atom stereocenters. The fourth-order valence-electron chi connectivity index (χ4n) is 3.19. The molecular weight excluding hydrogens is 332 g/mol. The van der Waals surface area contributed by atoms with Crippen LogP contribution in [0.4, 0.5) is 16.2 Å². The molecule has 1 aromatic carbocycles. The zero-order chi connectivity index (χ0) is 19.3. The summed E-state index contributed by atoms with van der Waals surface area (Å²) in [6, 6.07) is 7.54. The Morgan fingerprint density at radius 1 is 1.42 bits per heavy atom. The predicted molar refractivity (Wildman–Crippen MR) is 101 cm³/mol. The summed E-state index contributed by atoms with van der Waals surface area (Å²) >= 11 is 0. The zero-order valence-electron chi connectivity index (χ0n) is 15.7. The number of aliphatic hydroxyl groups is 1. The molecule has 7 heteroatoms. The molecule has 0 saturated carbocycles. The molecule has 1 amide bonds. The van der Waals surface area contributed by atoms with Gasteiger partial charge in [0.1, 0.15) is 11.7 Å². The lowest BCUT2D eigenvalue weighted by molar-refractivity contribution is 0.00971. The predicted octanol–water partition coefficient (Wildman–Crippen LogP) is 2.34. The summed E-state index contributed by atoms with van der Waals surface area (Å²) in [6.45, 7) is 7.07. The van der Waals surface area contributed by atoms with Crippen molar-refractivity contribution in [3.63, 3.8) is 0 Å². The summed E-state index contributed by atoms with van der Waals surface area (Å²) in [5, 5.41) is 18.7. The van der Waals surface area contributed by atoms with Gasteiger partial charge in [-0.05, 0) is 51.8 Å². The molecule has 0 unspecified atom stereocenters. The fourth-order valence-corrected chi connectivity index (χ4v) is 3.19. The van der Waals surface area contributed by atoms with E-state index >= 15 is 0 Å². The second kappa shape index (κ2) is 8.28. The van der Waals surface area contributed by atoms with Crippen LogP contribution in [-0.4, -0.2) is 54.0 Å². The Balaban J connectivity index is 2.06. The van der Waals surface area contributed by atoms with Gasteiger partial charge in [-0.1, -0.05) is 0 Å². The Morgan fingerprint density at radius 3 is 2.62 bits per heavy atom. The van der Waals surface area contributed by atoms with Gasteiger partial charge < -0.3 is 25.4 Å². The Bertz CT molecular complexity index is 670. The first kappa shape index (κ1) is 19.9. The maximum atomic E-state index is 12.5. The quantitative estimate of drug-likeness (QED) is 0.799. The van der Waals surface area contributed by atoms with Gasteiger partial charge in [0.25, 0.3) is 0 Å². The van der Waals surface area contributed by atoms with Gasteiger partial charge in [0.15, 0.2) is 0 Å². The van der Waals surface area contributed by atoms with Crippen LogP contribution >= 0.6 is 0 Å². The largest absolute Gasteiger partial charge is 0.444 e. The molecule has 142 valence electrons. The van der Waals surface area contributed by atoms with Gasteiger partial charge in [0.05, 0.1) is 17.9 Å². The van der Waals surface area contributed by atoms with E-state index in [1.807, 2.05) is 26.8 Å². The number of anilines is 2. The van der Waals surface area contributed by atoms with Crippen molar-refractivity contribution in [3.05, 3.63) is 23.8 Å². The molecule has 0 radical (unpaired) electrons. The zero-order valence-corrected chi connectivity index (χ0v) is 15.7. The summed E-state index contributed by atoms with van der Waals surface area (Å²) < 4.78 is 5.47. The number of rotatable bonds is 4. The highest BCUT2D eigenvalue weighted by molar-refractivity contribution is 5.69. The van der Waals surface area contributed by atoms with Crippen molar-refractivity contribution in [1.82, 2.24) is 4.90 Å². The Labute approximate surface area is 154 Å². The van der Waals surface area contributed by atoms with Crippen LogP contribution < -0.4 is 10.6 Å². The number of nitriles is 1. The molecule has 0 aliphatic carbocycles. The van der Waals surface area contributed by atoms with Crippen molar-refractivity contribution >= 4 is 17.5 Å². The second-order valence-corrected chi connectivity index (χ2v) is 7.50. The number of carbonyl (C=O) groups is 1. The normalized spacial score (nSPS) is 15.4. The molecule has 3 N–H and O–H groups in total. The van der Waals surface area contributed by atoms with E-state index in [0.29, 0.717) is 24.3 Å². The minimum absolute atomic E-state index is 0.00701. The SMILES string of the molecule is CC(C)(C)OC(=O)N(CCO)C1CCN(c2ccc(N)cc2C#N)CC1. The van der Waals surface area contributed by atoms with Crippen molar-refractivity contribution in [3.8, 4) is 6.07 Å². The number of aliphatic hydroxyl groups excluding tert-OH is 1. The van der Waals surface area contributed by atoms with Crippen LogP contribution in [0.1, 0.15) is 39.2 Å². The molecule has 1 aliphatic heterocycles. The van der Waals surface area contributed by atoms with Crippen molar-refractivity contribution in [1.29, 1.82) is 5.26 Å². The van der Waals surface area contributed by atoms with E-state index in [-0.39, 0.29) is 19.2 Å². The Hall–Kier alpha value is -2.46. The number of ether oxygens (including phenoxy) is 1. The number of nitrogens with two attached hydrogens (primary N) is 1. The van der Waals surface area contributed by atoms with Gasteiger partial charge >= 0.3 is 6.09 Å². The smallest absolute Gasteiger partial charge is 0.410 e. The molecule has 2 rings (SSSR count). The van der Waals surface area contributed by atoms with Crippen molar-refractivity contribution in [2.75, 3.05) is 36.9 Å². The molecule has 0 aromatic heterocycles. The number of nitrogens with zero attached hydrogens (tertiary/aromatic N) is 3. The standard InChI is InChI=1S/C19H28N4O3/c1-19(2,3)26-18(25)23(10-11-24)16-6-8-22(9-7-16)17-5-4-15(21)12-14(17)13-20/h4-5,12,16,24H,6-11,21H2,1-3H3. The molecule has 1 aliphatic rings. The van der Waals surface area contributed by atoms with Crippen LogP contribution in [0.15, 0.2) is 18.2 Å². The van der Waals surface area contributed by atoms with Crippen LogP contribution in [0.3, 0.4) is 0 Å². The van der Waals surface area contributed by atoms with Crippen LogP contribution in [0.2, 0.25) is 0 Å². The third kappa shape index (κ3) is 5.02. The number of hydrogen-bond donors (Lipinski definition) is 2. The molecule has 0 bridgehead atoms. The van der Waals surface area contributed by atoms with E-state index in [9.17, 15) is 15.2 Å². The number of piperidine rings is 1. The summed E-state index contributed by atoms with van der Waals surface area (Å²) in [4.78, 5) is 16.2. The van der Waals surface area contributed by atoms with Crippen LogP contribution in [-0.2, 0) is 4.74 Å². The molecule has 0 spiro atoms. The van der Waals surface area contributed by atoms with E-state index in [0.717, 1.165) is 18.5 Å². The Kier molecular flexibility index (Phi) is 6.32. The molecule has 1 aromatic rings. The summed E-state index contributed by atoms with van der Waals surface area (Å²) in [7, 11) is 0. The second-order valence-electron chi connectivity index (χ2n) is 7.50. The average Bonchev–Trinajstić information content (AvgIpc) is 2.58. The van der Waals surface area contributed by atoms with Crippen LogP contribution in [0, 0.1) is 11.3 Å². The van der Waals surface area contributed by atoms with E-state index in [1.165, 1.54) is 0 Å². The van der Waals surface area contributed by atoms with Crippen molar-refractivity contribution < 1.29 is 14.6 Å². The van der Waals surface area contributed by atoms with E-state index in [1.54, 1.807) is 17.0 Å². The maximum Gasteiger partial charge on any atom is 0.410 e. The Morgan fingerprint density at radius 2 is 2.08 bits per heavy atom. The first-order valence-corrected chi connectivity index (χ1v) is 8.90. The molecular formula is C19H28N4O3. The number of benzene rings is 1. The molecule has 1 saturated heterocycles. The number of amides is 1. The lowest BCUT2D eigenvalue weighted by atomic mass is 10.0. The highest BCUT2D eigenvalue weighted by Crippen LogP contribution is 2.27. The minimum atomic E-state index is -0.572. The number of nitrogen functional groups attached to an aromatic ring is 1. The van der Waals surface area contributed by atoms with Crippen LogP contribution in [0.5, 0.6) is 0 Å². The van der Waals surface area contributed by atoms with Gasteiger partial charge in [0.2, 0.25) is 0 Å². The molecule has 1 fully saturated rings. The molecule has 7 nitrogen and oxygen atoms in total. The molecule has 26 heavy (non-hydrogen) atoms. The number of hydrogen-bond acceptors (Lipinski definition) is 6. The van der Waals surface area contributed by atoms with Crippen molar-refractivity contribution in [2.24, 2.45) is 0 Å². The summed E-state index contributed by atoms with van der Waals surface area (Å²) in [5.41, 5.74) is 7.18. The van der Waals surface area contributed by atoms with Crippen molar-refractivity contribution in [2.45, 2.75) is 45.3 Å². The van der Waals surface area contributed by atoms with E-state index in [4.69, 9.17) is 10.5 Å². The minimum Gasteiger partial charge on any atom is -0.444 e. The van der Waals surface area contributed by atoms with Gasteiger partial charge in [-0.15, -0.1) is 0 Å². The van der Waals surface area contributed by atoms with E-state index < -0.39 is 11.7 Å². The monoisotopic (exact) mass is 360 g/mol. The van der Waals surface area contributed by atoms with Gasteiger partial charge in [-0.25, -0.2) is 4.79 Å². The molecule has 1 heterocycles. The van der Waals surface area contributed by atoms with Gasteiger partial charge in [-0.2, -0.15) is 5.26 Å². The highest BCUT2D eigenvalue weighted by Gasteiger charge is 2.31. The van der Waals surface area contributed by atoms with Crippen LogP contribution in [0.25, 0.3) is 0 Å². The topological polar surface area (TPSA) is 103 Å². The third-order valence-corrected chi connectivity index (χ3v) is 4.36. The first-order valence-electron chi connectivity index (χ1n) is 8.90. The van der Waals surface area contributed by atoms with Gasteiger partial charge in [-0.3, -0.25) is 0 Å². The lowest BCUT2D eigenvalue weighted by Gasteiger charge is -2.39. The summed E-state index contributed by atoms with van der Waals surface area (Å²) in [6.07, 6.45) is 1.10. The van der Waals surface area contributed by atoms with Gasteiger partial charge in [0, 0.05) is 31.4 Å². The van der Waals surface area contributed by atoms with E-state index in [2.05, 4.69) is 11.0 Å². The number of carbonyl (C=O) groups excluding carboxylic acids is 1. The summed E-state index contributed by atoms with van der Waals surface area (Å²) in [5.74, 6) is 0. The first-order chi connectivity index (χ1) is 12.2. The average molecular weight is 360 g/mol. The fraction of sp³-hybridized carbons (Fsp3) is 0.579.